The number of amides is 1. The molecule has 134 valence electrons. The molecule has 0 aliphatic carbocycles. The molecule has 1 unspecified atom stereocenters. The number of carbonyl (C=O) groups is 1. The van der Waals surface area contributed by atoms with Gasteiger partial charge in [0.05, 0.1) is 11.3 Å². The van der Waals surface area contributed by atoms with Crippen LogP contribution in [0.4, 0.5) is 11.5 Å². The normalized spacial score (nSPS) is 17.5. The monoisotopic (exact) mass is 414 g/mol. The fourth-order valence-corrected chi connectivity index (χ4v) is 4.01. The highest BCUT2D eigenvalue weighted by molar-refractivity contribution is 9.10. The van der Waals surface area contributed by atoms with Crippen LogP contribution in [0.3, 0.4) is 0 Å². The molecule has 26 heavy (non-hydrogen) atoms. The summed E-state index contributed by atoms with van der Waals surface area (Å²) in [5.74, 6) is 0.799. The first-order valence-corrected chi connectivity index (χ1v) is 9.37. The Morgan fingerprint density at radius 3 is 2.88 bits per heavy atom. The Kier molecular flexibility index (Phi) is 4.58. The van der Waals surface area contributed by atoms with E-state index in [4.69, 9.17) is 0 Å². The molecule has 1 aliphatic heterocycles. The molecular formula is C18H19BrN6O. The van der Waals surface area contributed by atoms with E-state index in [2.05, 4.69) is 41.2 Å². The molecule has 0 bridgehead atoms. The summed E-state index contributed by atoms with van der Waals surface area (Å²) in [5.41, 5.74) is 1.60. The van der Waals surface area contributed by atoms with Crippen molar-refractivity contribution in [2.75, 3.05) is 23.3 Å². The number of carbonyl (C=O) groups excluding carboxylic acids is 1. The van der Waals surface area contributed by atoms with E-state index in [0.29, 0.717) is 6.54 Å². The lowest BCUT2D eigenvalue weighted by atomic mass is 9.97. The Bertz CT molecular complexity index is 942. The molecule has 1 fully saturated rings. The van der Waals surface area contributed by atoms with Gasteiger partial charge in [-0.25, -0.2) is 14.6 Å². The third-order valence-corrected chi connectivity index (χ3v) is 5.25. The maximum atomic E-state index is 12.7. The van der Waals surface area contributed by atoms with Gasteiger partial charge in [0.25, 0.3) is 0 Å². The lowest BCUT2D eigenvalue weighted by molar-refractivity contribution is -0.120. The molecular weight excluding hydrogens is 396 g/mol. The zero-order valence-electron chi connectivity index (χ0n) is 14.4. The molecule has 0 saturated carbocycles. The summed E-state index contributed by atoms with van der Waals surface area (Å²) in [5, 5.41) is 8.28. The van der Waals surface area contributed by atoms with Gasteiger partial charge in [-0.1, -0.05) is 18.2 Å². The molecule has 2 aromatic heterocycles. The zero-order valence-corrected chi connectivity index (χ0v) is 16.0. The summed E-state index contributed by atoms with van der Waals surface area (Å²) in [6, 6.07) is 9.57. The number of para-hydroxylation sites is 1. The van der Waals surface area contributed by atoms with Crippen LogP contribution in [0.5, 0.6) is 0 Å². The molecule has 1 amide bonds. The van der Waals surface area contributed by atoms with Crippen LogP contribution in [0.15, 0.2) is 41.3 Å². The number of piperidine rings is 1. The van der Waals surface area contributed by atoms with Crippen molar-refractivity contribution in [1.82, 2.24) is 19.7 Å². The standard InChI is InChI=1S/C18H19BrN6O/c1-24-16-14(15(19)23-24)17(21-11-20-16)25-9-5-6-12(10-25)18(26)22-13-7-3-2-4-8-13/h2-4,7-8,11-12H,5-6,9-10H2,1H3,(H,22,26). The number of fused-ring (bicyclic) bond motifs is 1. The van der Waals surface area contributed by atoms with Crippen LogP contribution < -0.4 is 10.2 Å². The first-order valence-electron chi connectivity index (χ1n) is 8.57. The molecule has 0 radical (unpaired) electrons. The topological polar surface area (TPSA) is 75.9 Å². The van der Waals surface area contributed by atoms with Gasteiger partial charge in [-0.15, -0.1) is 0 Å². The average Bonchev–Trinajstić information content (AvgIpc) is 2.97. The van der Waals surface area contributed by atoms with Crippen molar-refractivity contribution in [2.45, 2.75) is 12.8 Å². The molecule has 1 N–H and O–H groups in total. The van der Waals surface area contributed by atoms with E-state index in [9.17, 15) is 4.79 Å². The summed E-state index contributed by atoms with van der Waals surface area (Å²) in [4.78, 5) is 23.6. The Balaban J connectivity index is 1.57. The molecule has 8 heteroatoms. The molecule has 7 nitrogen and oxygen atoms in total. The smallest absolute Gasteiger partial charge is 0.229 e. The van der Waals surface area contributed by atoms with E-state index in [1.165, 1.54) is 0 Å². The summed E-state index contributed by atoms with van der Waals surface area (Å²) in [6.45, 7) is 1.49. The molecule has 1 atom stereocenters. The fourth-order valence-electron chi connectivity index (χ4n) is 3.42. The number of aromatic nitrogens is 4. The van der Waals surface area contributed by atoms with Crippen molar-refractivity contribution in [1.29, 1.82) is 0 Å². The SMILES string of the molecule is Cn1nc(Br)c2c(N3CCCC(C(=O)Nc4ccccc4)C3)ncnc21. The molecule has 3 aromatic rings. The lowest BCUT2D eigenvalue weighted by Crippen LogP contribution is -2.41. The van der Waals surface area contributed by atoms with Crippen LogP contribution in [0, 0.1) is 5.92 Å². The van der Waals surface area contributed by atoms with Gasteiger partial charge in [-0.05, 0) is 40.9 Å². The predicted molar refractivity (Wildman–Crippen MR) is 104 cm³/mol. The largest absolute Gasteiger partial charge is 0.355 e. The summed E-state index contributed by atoms with van der Waals surface area (Å²) in [6.07, 6.45) is 3.37. The van der Waals surface area contributed by atoms with Gasteiger partial charge in [0, 0.05) is 25.8 Å². The van der Waals surface area contributed by atoms with E-state index in [1.807, 2.05) is 37.4 Å². The zero-order chi connectivity index (χ0) is 18.1. The van der Waals surface area contributed by atoms with Gasteiger partial charge in [-0.3, -0.25) is 4.79 Å². The molecule has 1 aliphatic rings. The Morgan fingerprint density at radius 2 is 2.08 bits per heavy atom. The van der Waals surface area contributed by atoms with Crippen LogP contribution in [0.1, 0.15) is 12.8 Å². The van der Waals surface area contributed by atoms with E-state index in [-0.39, 0.29) is 11.8 Å². The first-order chi connectivity index (χ1) is 12.6. The van der Waals surface area contributed by atoms with E-state index < -0.39 is 0 Å². The number of benzene rings is 1. The van der Waals surface area contributed by atoms with E-state index >= 15 is 0 Å². The second-order valence-electron chi connectivity index (χ2n) is 6.45. The van der Waals surface area contributed by atoms with Crippen molar-refractivity contribution >= 4 is 44.4 Å². The van der Waals surface area contributed by atoms with Gasteiger partial charge in [0.15, 0.2) is 5.65 Å². The molecule has 1 aromatic carbocycles. The number of nitrogens with one attached hydrogen (secondary N) is 1. The summed E-state index contributed by atoms with van der Waals surface area (Å²) >= 11 is 3.51. The number of hydrogen-bond donors (Lipinski definition) is 1. The number of anilines is 2. The van der Waals surface area contributed by atoms with Gasteiger partial charge < -0.3 is 10.2 Å². The Morgan fingerprint density at radius 1 is 1.27 bits per heavy atom. The number of aryl methyl sites for hydroxylation is 1. The maximum absolute atomic E-state index is 12.7. The first kappa shape index (κ1) is 17.0. The van der Waals surface area contributed by atoms with Crippen molar-refractivity contribution in [3.63, 3.8) is 0 Å². The fraction of sp³-hybridized carbons (Fsp3) is 0.333. The van der Waals surface area contributed by atoms with Crippen LogP contribution in [0.25, 0.3) is 11.0 Å². The third-order valence-electron chi connectivity index (χ3n) is 4.69. The minimum Gasteiger partial charge on any atom is -0.355 e. The van der Waals surface area contributed by atoms with Crippen molar-refractivity contribution < 1.29 is 4.79 Å². The number of halogens is 1. The van der Waals surface area contributed by atoms with Crippen molar-refractivity contribution in [3.05, 3.63) is 41.3 Å². The average molecular weight is 415 g/mol. The second-order valence-corrected chi connectivity index (χ2v) is 7.20. The van der Waals surface area contributed by atoms with Gasteiger partial charge in [-0.2, -0.15) is 5.10 Å². The van der Waals surface area contributed by atoms with E-state index in [1.54, 1.807) is 11.0 Å². The minimum atomic E-state index is -0.0792. The highest BCUT2D eigenvalue weighted by atomic mass is 79.9. The van der Waals surface area contributed by atoms with E-state index in [0.717, 1.165) is 46.5 Å². The summed E-state index contributed by atoms with van der Waals surface area (Å²) < 4.78 is 2.45. The maximum Gasteiger partial charge on any atom is 0.229 e. The number of rotatable bonds is 3. The van der Waals surface area contributed by atoms with Gasteiger partial charge in [0.1, 0.15) is 16.7 Å². The number of nitrogens with zero attached hydrogens (tertiary/aromatic N) is 5. The van der Waals surface area contributed by atoms with Crippen LogP contribution in [0.2, 0.25) is 0 Å². The molecule has 0 spiro atoms. The molecule has 3 heterocycles. The van der Waals surface area contributed by atoms with Crippen LogP contribution in [-0.4, -0.2) is 38.7 Å². The highest BCUT2D eigenvalue weighted by Gasteiger charge is 2.28. The highest BCUT2D eigenvalue weighted by Crippen LogP contribution is 2.32. The lowest BCUT2D eigenvalue weighted by Gasteiger charge is -2.33. The van der Waals surface area contributed by atoms with Crippen molar-refractivity contribution in [2.24, 2.45) is 13.0 Å². The van der Waals surface area contributed by atoms with Crippen LogP contribution >= 0.6 is 15.9 Å². The minimum absolute atomic E-state index is 0.0523. The molecule has 4 rings (SSSR count). The Labute approximate surface area is 159 Å². The number of hydrogen-bond acceptors (Lipinski definition) is 5. The van der Waals surface area contributed by atoms with Gasteiger partial charge >= 0.3 is 0 Å². The summed E-state index contributed by atoms with van der Waals surface area (Å²) in [7, 11) is 1.86. The van der Waals surface area contributed by atoms with Crippen molar-refractivity contribution in [3.8, 4) is 0 Å². The molecule has 1 saturated heterocycles. The van der Waals surface area contributed by atoms with Crippen LogP contribution in [-0.2, 0) is 11.8 Å². The third kappa shape index (κ3) is 3.16. The van der Waals surface area contributed by atoms with Gasteiger partial charge in [0.2, 0.25) is 5.91 Å². The quantitative estimate of drug-likeness (QED) is 0.712. The second kappa shape index (κ2) is 7.03. The predicted octanol–water partition coefficient (Wildman–Crippen LogP) is 2.98. The Hall–Kier alpha value is -2.48.